The minimum atomic E-state index is -3.57. The molecule has 6 heteroatoms. The molecule has 0 radical (unpaired) electrons. The first kappa shape index (κ1) is 17.4. The second-order valence-electron chi connectivity index (χ2n) is 5.44. The summed E-state index contributed by atoms with van der Waals surface area (Å²) >= 11 is 0. The van der Waals surface area contributed by atoms with E-state index in [4.69, 9.17) is 4.74 Å². The number of rotatable bonds is 6. The Bertz CT molecular complexity index is 787. The van der Waals surface area contributed by atoms with E-state index in [1.807, 2.05) is 25.1 Å². The summed E-state index contributed by atoms with van der Waals surface area (Å²) in [5.74, 6) is 0.701. The molecule has 0 bridgehead atoms. The highest BCUT2D eigenvalue weighted by molar-refractivity contribution is 7.89. The molecule has 0 aliphatic heterocycles. The molecule has 0 aliphatic rings. The number of pyridine rings is 1. The number of ether oxygens (including phenoxy) is 1. The summed E-state index contributed by atoms with van der Waals surface area (Å²) in [7, 11) is -1.99. The second kappa shape index (κ2) is 7.10. The van der Waals surface area contributed by atoms with Gasteiger partial charge < -0.3 is 4.74 Å². The van der Waals surface area contributed by atoms with E-state index in [9.17, 15) is 8.42 Å². The Labute approximate surface area is 137 Å². The van der Waals surface area contributed by atoms with Crippen LogP contribution in [0.3, 0.4) is 0 Å². The molecular formula is C17H22N2O3S. The van der Waals surface area contributed by atoms with Gasteiger partial charge in [-0.3, -0.25) is 4.98 Å². The molecule has 5 nitrogen and oxygen atoms in total. The molecule has 0 aliphatic carbocycles. The van der Waals surface area contributed by atoms with Crippen LogP contribution < -0.4 is 9.46 Å². The fourth-order valence-corrected chi connectivity index (χ4v) is 4.13. The van der Waals surface area contributed by atoms with Gasteiger partial charge in [0.05, 0.1) is 12.0 Å². The van der Waals surface area contributed by atoms with Crippen molar-refractivity contribution in [2.75, 3.05) is 13.7 Å². The standard InChI is InChI=1S/C17H22N2O3S/c1-12-11-16(22-4)13(2)14(3)17(12)23(20,21)19-10-8-15-7-5-6-9-18-15/h5-7,9,11,19H,8,10H2,1-4H3. The molecular weight excluding hydrogens is 312 g/mol. The molecule has 0 amide bonds. The predicted molar refractivity (Wildman–Crippen MR) is 90.3 cm³/mol. The lowest BCUT2D eigenvalue weighted by molar-refractivity contribution is 0.410. The zero-order valence-electron chi connectivity index (χ0n) is 13.9. The lowest BCUT2D eigenvalue weighted by Crippen LogP contribution is -2.27. The quantitative estimate of drug-likeness (QED) is 0.881. The van der Waals surface area contributed by atoms with E-state index in [1.54, 1.807) is 33.2 Å². The van der Waals surface area contributed by atoms with Gasteiger partial charge in [-0.1, -0.05) is 6.07 Å². The van der Waals surface area contributed by atoms with E-state index >= 15 is 0 Å². The Morgan fingerprint density at radius 1 is 1.17 bits per heavy atom. The normalized spacial score (nSPS) is 11.5. The number of hydrogen-bond acceptors (Lipinski definition) is 4. The number of sulfonamides is 1. The van der Waals surface area contributed by atoms with Gasteiger partial charge in [-0.15, -0.1) is 0 Å². The number of nitrogens with zero attached hydrogens (tertiary/aromatic N) is 1. The summed E-state index contributed by atoms with van der Waals surface area (Å²) in [6.45, 7) is 5.75. The molecule has 2 aromatic rings. The summed E-state index contributed by atoms with van der Waals surface area (Å²) in [6, 6.07) is 7.36. The molecule has 1 aromatic carbocycles. The van der Waals surface area contributed by atoms with E-state index in [-0.39, 0.29) is 0 Å². The third-order valence-corrected chi connectivity index (χ3v) is 5.62. The molecule has 0 unspecified atom stereocenters. The SMILES string of the molecule is COc1cc(C)c(S(=O)(=O)NCCc2ccccn2)c(C)c1C. The summed E-state index contributed by atoms with van der Waals surface area (Å²) < 4.78 is 33.2. The summed E-state index contributed by atoms with van der Waals surface area (Å²) in [5, 5.41) is 0. The van der Waals surface area contributed by atoms with Gasteiger partial charge in [-0.2, -0.15) is 0 Å². The molecule has 2 rings (SSSR count). The van der Waals surface area contributed by atoms with Gasteiger partial charge in [0.1, 0.15) is 5.75 Å². The molecule has 0 saturated heterocycles. The van der Waals surface area contributed by atoms with Crippen molar-refractivity contribution in [2.24, 2.45) is 0 Å². The third-order valence-electron chi connectivity index (χ3n) is 3.87. The fraction of sp³-hybridized carbons (Fsp3) is 0.353. The maximum Gasteiger partial charge on any atom is 0.241 e. The van der Waals surface area contributed by atoms with E-state index in [0.717, 1.165) is 11.3 Å². The van der Waals surface area contributed by atoms with Crippen molar-refractivity contribution in [3.63, 3.8) is 0 Å². The zero-order chi connectivity index (χ0) is 17.0. The lowest BCUT2D eigenvalue weighted by Gasteiger charge is -2.16. The van der Waals surface area contributed by atoms with Crippen molar-refractivity contribution in [3.05, 3.63) is 52.8 Å². The van der Waals surface area contributed by atoms with Crippen LogP contribution >= 0.6 is 0 Å². The Hall–Kier alpha value is -1.92. The van der Waals surface area contributed by atoms with Gasteiger partial charge in [-0.25, -0.2) is 13.1 Å². The van der Waals surface area contributed by atoms with Crippen LogP contribution in [-0.4, -0.2) is 27.1 Å². The largest absolute Gasteiger partial charge is 0.496 e. The topological polar surface area (TPSA) is 68.3 Å². The molecule has 0 fully saturated rings. The molecule has 1 heterocycles. The van der Waals surface area contributed by atoms with Crippen LogP contribution in [0.5, 0.6) is 5.75 Å². The Morgan fingerprint density at radius 2 is 1.91 bits per heavy atom. The molecule has 0 atom stereocenters. The number of aryl methyl sites for hydroxylation is 1. The van der Waals surface area contributed by atoms with Crippen LogP contribution in [0.25, 0.3) is 0 Å². The Kier molecular flexibility index (Phi) is 5.38. The van der Waals surface area contributed by atoms with E-state index in [1.165, 1.54) is 0 Å². The van der Waals surface area contributed by atoms with Crippen molar-refractivity contribution >= 4 is 10.0 Å². The maximum absolute atomic E-state index is 12.6. The molecule has 1 aromatic heterocycles. The fourth-order valence-electron chi connectivity index (χ4n) is 2.58. The summed E-state index contributed by atoms with van der Waals surface area (Å²) in [5.41, 5.74) is 3.08. The smallest absolute Gasteiger partial charge is 0.241 e. The van der Waals surface area contributed by atoms with Crippen LogP contribution in [0.4, 0.5) is 0 Å². The van der Waals surface area contributed by atoms with Crippen LogP contribution in [0.15, 0.2) is 35.4 Å². The highest BCUT2D eigenvalue weighted by Crippen LogP contribution is 2.30. The minimum absolute atomic E-state index is 0.309. The minimum Gasteiger partial charge on any atom is -0.496 e. The van der Waals surface area contributed by atoms with Gasteiger partial charge in [0.15, 0.2) is 0 Å². The van der Waals surface area contributed by atoms with Gasteiger partial charge in [0.25, 0.3) is 0 Å². The first-order valence-electron chi connectivity index (χ1n) is 7.41. The molecule has 124 valence electrons. The number of methoxy groups -OCH3 is 1. The molecule has 0 spiro atoms. The predicted octanol–water partition coefficient (Wildman–Crippen LogP) is 2.54. The molecule has 1 N–H and O–H groups in total. The first-order valence-corrected chi connectivity index (χ1v) is 8.89. The zero-order valence-corrected chi connectivity index (χ0v) is 14.7. The number of aromatic nitrogens is 1. The average Bonchev–Trinajstić information content (AvgIpc) is 2.51. The number of nitrogens with one attached hydrogen (secondary N) is 1. The number of benzene rings is 1. The van der Waals surface area contributed by atoms with Gasteiger partial charge in [-0.05, 0) is 55.7 Å². The summed E-state index contributed by atoms with van der Waals surface area (Å²) in [6.07, 6.45) is 2.25. The van der Waals surface area contributed by atoms with Gasteiger partial charge in [0.2, 0.25) is 10.0 Å². The van der Waals surface area contributed by atoms with E-state index < -0.39 is 10.0 Å². The van der Waals surface area contributed by atoms with Crippen molar-refractivity contribution in [1.29, 1.82) is 0 Å². The lowest BCUT2D eigenvalue weighted by atomic mass is 10.1. The van der Waals surface area contributed by atoms with Crippen LogP contribution in [0, 0.1) is 20.8 Å². The van der Waals surface area contributed by atoms with Crippen LogP contribution in [-0.2, 0) is 16.4 Å². The van der Waals surface area contributed by atoms with Crippen LogP contribution in [0.1, 0.15) is 22.4 Å². The number of hydrogen-bond donors (Lipinski definition) is 1. The highest BCUT2D eigenvalue weighted by atomic mass is 32.2. The third kappa shape index (κ3) is 3.89. The Balaban J connectivity index is 2.21. The van der Waals surface area contributed by atoms with Crippen molar-refractivity contribution in [3.8, 4) is 5.75 Å². The van der Waals surface area contributed by atoms with Crippen LogP contribution in [0.2, 0.25) is 0 Å². The monoisotopic (exact) mass is 334 g/mol. The van der Waals surface area contributed by atoms with E-state index in [0.29, 0.717) is 34.7 Å². The van der Waals surface area contributed by atoms with E-state index in [2.05, 4.69) is 9.71 Å². The van der Waals surface area contributed by atoms with Crippen molar-refractivity contribution in [1.82, 2.24) is 9.71 Å². The second-order valence-corrected chi connectivity index (χ2v) is 7.15. The average molecular weight is 334 g/mol. The van der Waals surface area contributed by atoms with Gasteiger partial charge >= 0.3 is 0 Å². The summed E-state index contributed by atoms with van der Waals surface area (Å²) in [4.78, 5) is 4.52. The van der Waals surface area contributed by atoms with Crippen molar-refractivity contribution in [2.45, 2.75) is 32.1 Å². The highest BCUT2D eigenvalue weighted by Gasteiger charge is 2.22. The molecule has 0 saturated carbocycles. The van der Waals surface area contributed by atoms with Gasteiger partial charge in [0, 0.05) is 24.9 Å². The Morgan fingerprint density at radius 3 is 2.52 bits per heavy atom. The maximum atomic E-state index is 12.6. The molecule has 23 heavy (non-hydrogen) atoms. The first-order chi connectivity index (χ1) is 10.9. The van der Waals surface area contributed by atoms with Crippen molar-refractivity contribution < 1.29 is 13.2 Å².